The molecular weight excluding hydrogens is 542 g/mol. The van der Waals surface area contributed by atoms with Gasteiger partial charge in [-0.25, -0.2) is 4.79 Å². The number of carbonyl (C=O) groups is 3. The molecule has 0 aliphatic rings. The van der Waals surface area contributed by atoms with Crippen LogP contribution < -0.4 is 10.6 Å². The van der Waals surface area contributed by atoms with Crippen LogP contribution in [0.15, 0.2) is 73.3 Å². The highest BCUT2D eigenvalue weighted by Crippen LogP contribution is 2.27. The summed E-state index contributed by atoms with van der Waals surface area (Å²) in [4.78, 5) is 42.3. The van der Waals surface area contributed by atoms with Crippen molar-refractivity contribution in [3.8, 4) is 0 Å². The molecular formula is C35H45N3O5. The molecule has 43 heavy (non-hydrogen) atoms. The van der Waals surface area contributed by atoms with Crippen molar-refractivity contribution in [3.63, 3.8) is 0 Å². The van der Waals surface area contributed by atoms with Crippen LogP contribution in [0, 0.1) is 0 Å². The van der Waals surface area contributed by atoms with Crippen molar-refractivity contribution < 1.29 is 24.2 Å². The molecule has 3 rings (SSSR count). The van der Waals surface area contributed by atoms with Gasteiger partial charge in [-0.05, 0) is 67.3 Å². The molecule has 8 heteroatoms. The highest BCUT2D eigenvalue weighted by molar-refractivity contribution is 6.00. The van der Waals surface area contributed by atoms with Crippen LogP contribution in [0.25, 0.3) is 16.8 Å². The number of ether oxygens (including phenoxy) is 1. The lowest BCUT2D eigenvalue weighted by molar-refractivity contribution is -0.141. The first-order chi connectivity index (χ1) is 20.6. The average Bonchev–Trinajstić information content (AvgIpc) is 2.97. The molecule has 0 saturated carbocycles. The predicted molar refractivity (Wildman–Crippen MR) is 173 cm³/mol. The van der Waals surface area contributed by atoms with Gasteiger partial charge in [-0.2, -0.15) is 0 Å². The second-order valence-electron chi connectivity index (χ2n) is 11.7. The first-order valence-corrected chi connectivity index (χ1v) is 15.0. The molecule has 230 valence electrons. The van der Waals surface area contributed by atoms with Crippen molar-refractivity contribution in [2.45, 2.75) is 77.5 Å². The lowest BCUT2D eigenvalue weighted by atomic mass is 9.99. The summed E-state index contributed by atoms with van der Waals surface area (Å²) in [6.45, 7) is 10.7. The van der Waals surface area contributed by atoms with Gasteiger partial charge in [0.15, 0.2) is 0 Å². The van der Waals surface area contributed by atoms with Crippen LogP contribution >= 0.6 is 0 Å². The van der Waals surface area contributed by atoms with E-state index in [4.69, 9.17) is 4.74 Å². The number of carbonyl (C=O) groups excluding carboxylic acids is 3. The summed E-state index contributed by atoms with van der Waals surface area (Å²) in [6.07, 6.45) is 5.51. The van der Waals surface area contributed by atoms with E-state index < -0.39 is 42.2 Å². The number of nitrogens with one attached hydrogen (secondary N) is 2. The topological polar surface area (TPSA) is 108 Å². The number of anilines is 1. The van der Waals surface area contributed by atoms with Crippen LogP contribution in [0.4, 0.5) is 10.5 Å². The van der Waals surface area contributed by atoms with Crippen LogP contribution in [0.3, 0.4) is 0 Å². The van der Waals surface area contributed by atoms with E-state index in [9.17, 15) is 19.5 Å². The summed E-state index contributed by atoms with van der Waals surface area (Å²) in [5, 5.41) is 17.7. The molecule has 3 amide bonds. The fraction of sp³-hybridized carbons (Fsp3) is 0.400. The van der Waals surface area contributed by atoms with Gasteiger partial charge in [0.1, 0.15) is 17.7 Å². The quantitative estimate of drug-likeness (QED) is 0.179. The number of hydrogen-bond donors (Lipinski definition) is 3. The Balaban J connectivity index is 2.01. The lowest BCUT2D eigenvalue weighted by Crippen LogP contribution is -2.54. The number of aliphatic hydroxyl groups is 1. The van der Waals surface area contributed by atoms with Crippen molar-refractivity contribution in [2.75, 3.05) is 18.5 Å². The first kappa shape index (κ1) is 33.3. The maximum absolute atomic E-state index is 14.1. The van der Waals surface area contributed by atoms with Crippen LogP contribution in [0.5, 0.6) is 0 Å². The van der Waals surface area contributed by atoms with Gasteiger partial charge < -0.3 is 25.4 Å². The standard InChI is InChI=1S/C35H45N3O5/c1-6-8-9-10-13-21-38(33(41)30(24-39)37-34(42)43-35(3,4)5)31(28-18-14-15-25(7-2)22-28)32(40)36-29-20-19-26-16-11-12-17-27(26)23-29/h7,11-12,14-20,22-23,30-31,39H,2,6,8-10,13,21,24H2,1,3-5H3,(H,36,40)(H,37,42). The van der Waals surface area contributed by atoms with Crippen molar-refractivity contribution in [3.05, 3.63) is 84.4 Å². The molecule has 2 atom stereocenters. The van der Waals surface area contributed by atoms with Crippen LogP contribution in [0.2, 0.25) is 0 Å². The maximum Gasteiger partial charge on any atom is 0.408 e. The molecule has 0 saturated heterocycles. The fourth-order valence-corrected chi connectivity index (χ4v) is 4.89. The largest absolute Gasteiger partial charge is 0.444 e. The summed E-state index contributed by atoms with van der Waals surface area (Å²) in [7, 11) is 0. The fourth-order valence-electron chi connectivity index (χ4n) is 4.89. The van der Waals surface area contributed by atoms with E-state index in [0.29, 0.717) is 17.7 Å². The SMILES string of the molecule is C=Cc1cccc(C(C(=O)Nc2ccc3ccccc3c2)N(CCCCCCC)C(=O)C(CO)NC(=O)OC(C)(C)C)c1. The number of amides is 3. The Labute approximate surface area is 255 Å². The summed E-state index contributed by atoms with van der Waals surface area (Å²) < 4.78 is 5.34. The van der Waals surface area contributed by atoms with Crippen molar-refractivity contribution in [2.24, 2.45) is 0 Å². The molecule has 0 bridgehead atoms. The number of nitrogens with zero attached hydrogens (tertiary/aromatic N) is 1. The Morgan fingerprint density at radius 2 is 1.67 bits per heavy atom. The van der Waals surface area contributed by atoms with E-state index >= 15 is 0 Å². The van der Waals surface area contributed by atoms with Gasteiger partial charge in [0.2, 0.25) is 5.91 Å². The molecule has 0 aliphatic heterocycles. The van der Waals surface area contributed by atoms with E-state index in [2.05, 4.69) is 24.1 Å². The molecule has 0 spiro atoms. The second-order valence-corrected chi connectivity index (χ2v) is 11.7. The molecule has 8 nitrogen and oxygen atoms in total. The van der Waals surface area contributed by atoms with E-state index in [1.807, 2.05) is 60.7 Å². The summed E-state index contributed by atoms with van der Waals surface area (Å²) in [5.74, 6) is -0.987. The molecule has 2 unspecified atom stereocenters. The number of benzene rings is 3. The molecule has 3 aromatic carbocycles. The smallest absolute Gasteiger partial charge is 0.408 e. The Hall–Kier alpha value is -4.17. The third-order valence-electron chi connectivity index (χ3n) is 7.00. The minimum atomic E-state index is -1.30. The highest BCUT2D eigenvalue weighted by atomic mass is 16.6. The minimum absolute atomic E-state index is 0.253. The lowest BCUT2D eigenvalue weighted by Gasteiger charge is -2.34. The van der Waals surface area contributed by atoms with E-state index in [1.165, 1.54) is 4.90 Å². The van der Waals surface area contributed by atoms with Gasteiger partial charge in [0, 0.05) is 12.2 Å². The second kappa shape index (κ2) is 15.9. The van der Waals surface area contributed by atoms with Gasteiger partial charge in [-0.1, -0.05) is 93.8 Å². The zero-order valence-corrected chi connectivity index (χ0v) is 25.8. The van der Waals surface area contributed by atoms with Gasteiger partial charge >= 0.3 is 6.09 Å². The van der Waals surface area contributed by atoms with E-state index in [0.717, 1.165) is 42.0 Å². The van der Waals surface area contributed by atoms with Crippen molar-refractivity contribution in [1.82, 2.24) is 10.2 Å². The number of hydrogen-bond acceptors (Lipinski definition) is 5. The van der Waals surface area contributed by atoms with Crippen molar-refractivity contribution in [1.29, 1.82) is 0 Å². The Morgan fingerprint density at radius 3 is 2.35 bits per heavy atom. The third-order valence-corrected chi connectivity index (χ3v) is 7.00. The van der Waals surface area contributed by atoms with Gasteiger partial charge in [-0.3, -0.25) is 9.59 Å². The number of unbranched alkanes of at least 4 members (excludes halogenated alkanes) is 4. The van der Waals surface area contributed by atoms with Gasteiger partial charge in [0.05, 0.1) is 6.61 Å². The molecule has 0 aromatic heterocycles. The molecule has 3 N–H and O–H groups in total. The zero-order chi connectivity index (χ0) is 31.4. The Kier molecular flexibility index (Phi) is 12.3. The molecule has 0 fully saturated rings. The number of alkyl carbamates (subject to hydrolysis) is 1. The first-order valence-electron chi connectivity index (χ1n) is 15.0. The Morgan fingerprint density at radius 1 is 0.953 bits per heavy atom. The van der Waals surface area contributed by atoms with Gasteiger partial charge in [-0.15, -0.1) is 0 Å². The number of fused-ring (bicyclic) bond motifs is 1. The van der Waals surface area contributed by atoms with E-state index in [-0.39, 0.29) is 6.54 Å². The Bertz CT molecular complexity index is 1400. The average molecular weight is 588 g/mol. The molecule has 0 radical (unpaired) electrons. The van der Waals surface area contributed by atoms with Crippen LogP contribution in [-0.2, 0) is 14.3 Å². The third kappa shape index (κ3) is 9.96. The summed E-state index contributed by atoms with van der Waals surface area (Å²) in [5.41, 5.74) is 1.18. The normalized spacial score (nSPS) is 12.7. The van der Waals surface area contributed by atoms with Crippen molar-refractivity contribution >= 4 is 40.4 Å². The zero-order valence-electron chi connectivity index (χ0n) is 25.8. The summed E-state index contributed by atoms with van der Waals surface area (Å²) in [6, 6.07) is 18.5. The maximum atomic E-state index is 14.1. The minimum Gasteiger partial charge on any atom is -0.444 e. The molecule has 0 aliphatic carbocycles. The summed E-state index contributed by atoms with van der Waals surface area (Å²) >= 11 is 0. The highest BCUT2D eigenvalue weighted by Gasteiger charge is 2.36. The number of rotatable bonds is 14. The van der Waals surface area contributed by atoms with Crippen LogP contribution in [0.1, 0.15) is 77.0 Å². The molecule has 3 aromatic rings. The predicted octanol–water partition coefficient (Wildman–Crippen LogP) is 6.85. The van der Waals surface area contributed by atoms with E-state index in [1.54, 1.807) is 32.9 Å². The van der Waals surface area contributed by atoms with Gasteiger partial charge in [0.25, 0.3) is 5.91 Å². The van der Waals surface area contributed by atoms with Crippen LogP contribution in [-0.4, -0.2) is 52.7 Å². The number of aliphatic hydroxyl groups excluding tert-OH is 1. The molecule has 0 heterocycles. The monoisotopic (exact) mass is 587 g/mol.